The summed E-state index contributed by atoms with van der Waals surface area (Å²) < 4.78 is 1.84. The Bertz CT molecular complexity index is 885. The van der Waals surface area contributed by atoms with E-state index in [4.69, 9.17) is 5.73 Å². The fourth-order valence-corrected chi connectivity index (χ4v) is 3.94. The summed E-state index contributed by atoms with van der Waals surface area (Å²) in [7, 11) is 1.95. The van der Waals surface area contributed by atoms with Crippen molar-refractivity contribution in [1.82, 2.24) is 19.7 Å². The zero-order valence-electron chi connectivity index (χ0n) is 15.6. The van der Waals surface area contributed by atoms with E-state index in [1.165, 1.54) is 16.8 Å². The zero-order valence-corrected chi connectivity index (χ0v) is 15.6. The number of aryl methyl sites for hydroxylation is 2. The van der Waals surface area contributed by atoms with Gasteiger partial charge in [0.1, 0.15) is 5.65 Å². The van der Waals surface area contributed by atoms with E-state index in [0.29, 0.717) is 12.1 Å². The van der Waals surface area contributed by atoms with Crippen molar-refractivity contribution < 1.29 is 0 Å². The summed E-state index contributed by atoms with van der Waals surface area (Å²) in [6, 6.07) is 3.06. The van der Waals surface area contributed by atoms with E-state index in [1.807, 2.05) is 30.3 Å². The van der Waals surface area contributed by atoms with Gasteiger partial charge in [-0.25, -0.2) is 4.98 Å². The topological polar surface area (TPSA) is 84.5 Å². The molecule has 0 atom stereocenters. The summed E-state index contributed by atoms with van der Waals surface area (Å²) in [5.41, 5.74) is 11.7. The highest BCUT2D eigenvalue weighted by molar-refractivity contribution is 5.98. The molecule has 0 unspecified atom stereocenters. The van der Waals surface area contributed by atoms with Gasteiger partial charge in [0.25, 0.3) is 0 Å². The number of anilines is 1. The molecule has 6 nitrogen and oxygen atoms in total. The van der Waals surface area contributed by atoms with Crippen LogP contribution in [0.3, 0.4) is 0 Å². The third kappa shape index (κ3) is 3.33. The highest BCUT2D eigenvalue weighted by atomic mass is 15.2. The Labute approximate surface area is 154 Å². The number of nitrogens with zero attached hydrogens (tertiary/aromatic N) is 3. The Balaban J connectivity index is 1.76. The van der Waals surface area contributed by atoms with Gasteiger partial charge in [-0.1, -0.05) is 13.3 Å². The summed E-state index contributed by atoms with van der Waals surface area (Å²) in [5, 5.41) is 9.34. The van der Waals surface area contributed by atoms with Crippen molar-refractivity contribution in [3.8, 4) is 11.1 Å². The van der Waals surface area contributed by atoms with Gasteiger partial charge in [-0.3, -0.25) is 4.68 Å². The Kier molecular flexibility index (Phi) is 4.68. The molecule has 0 aromatic carbocycles. The lowest BCUT2D eigenvalue weighted by Gasteiger charge is -2.28. The maximum Gasteiger partial charge on any atom is 0.139 e. The van der Waals surface area contributed by atoms with Gasteiger partial charge in [-0.05, 0) is 38.2 Å². The molecule has 3 aromatic heterocycles. The highest BCUT2D eigenvalue weighted by Gasteiger charge is 2.22. The number of nitrogens with one attached hydrogen (secondary N) is 2. The fourth-order valence-electron chi connectivity index (χ4n) is 3.94. The lowest BCUT2D eigenvalue weighted by Crippen LogP contribution is -2.33. The van der Waals surface area contributed by atoms with Crippen molar-refractivity contribution in [2.45, 2.75) is 57.5 Å². The summed E-state index contributed by atoms with van der Waals surface area (Å²) in [6.07, 6.45) is 12.5. The third-order valence-electron chi connectivity index (χ3n) is 5.37. The van der Waals surface area contributed by atoms with Gasteiger partial charge in [0, 0.05) is 53.7 Å². The van der Waals surface area contributed by atoms with E-state index < -0.39 is 0 Å². The number of rotatable bonds is 5. The normalized spacial score (nSPS) is 20.6. The molecule has 3 heterocycles. The molecule has 3 aromatic rings. The van der Waals surface area contributed by atoms with E-state index in [1.54, 1.807) is 0 Å². The van der Waals surface area contributed by atoms with Crippen LogP contribution in [0.5, 0.6) is 0 Å². The molecule has 1 saturated carbocycles. The van der Waals surface area contributed by atoms with Gasteiger partial charge in [0.05, 0.1) is 11.9 Å². The van der Waals surface area contributed by atoms with Crippen molar-refractivity contribution in [1.29, 1.82) is 0 Å². The van der Waals surface area contributed by atoms with E-state index in [9.17, 15) is 0 Å². The Hall–Kier alpha value is -2.34. The lowest BCUT2D eigenvalue weighted by molar-refractivity contribution is 0.411. The minimum absolute atomic E-state index is 0.353. The molecule has 0 spiro atoms. The fraction of sp³-hybridized carbons (Fsp3) is 0.500. The van der Waals surface area contributed by atoms with Crippen molar-refractivity contribution in [2.75, 3.05) is 5.32 Å². The SMILES string of the molecule is CCCc1cc2c(NC3CCC(N)CC3)c(-c3cnn(C)c3)cnc2[nH]1. The van der Waals surface area contributed by atoms with Crippen LogP contribution in [-0.2, 0) is 13.5 Å². The van der Waals surface area contributed by atoms with E-state index in [0.717, 1.165) is 55.3 Å². The molecule has 0 saturated heterocycles. The molecule has 6 heteroatoms. The van der Waals surface area contributed by atoms with Crippen LogP contribution in [0, 0.1) is 0 Å². The average Bonchev–Trinajstić information content (AvgIpc) is 3.23. The maximum absolute atomic E-state index is 6.09. The molecule has 1 aliphatic carbocycles. The number of aromatic amines is 1. The van der Waals surface area contributed by atoms with Crippen molar-refractivity contribution in [3.63, 3.8) is 0 Å². The second kappa shape index (κ2) is 7.11. The standard InChI is InChI=1S/C20H28N6/c1-3-4-16-9-17-19(24-15-7-5-14(21)6-8-15)18(11-22-20(17)25-16)13-10-23-26(2)12-13/h9-12,14-15H,3-8,21H2,1-2H3,(H2,22,24,25). The van der Waals surface area contributed by atoms with Crippen LogP contribution < -0.4 is 11.1 Å². The first-order valence-corrected chi connectivity index (χ1v) is 9.65. The van der Waals surface area contributed by atoms with E-state index >= 15 is 0 Å². The minimum Gasteiger partial charge on any atom is -0.381 e. The molecule has 0 aliphatic heterocycles. The monoisotopic (exact) mass is 352 g/mol. The lowest BCUT2D eigenvalue weighted by atomic mass is 9.91. The zero-order chi connectivity index (χ0) is 18.1. The van der Waals surface area contributed by atoms with E-state index in [2.05, 4.69) is 33.4 Å². The van der Waals surface area contributed by atoms with Crippen LogP contribution in [0.2, 0.25) is 0 Å². The van der Waals surface area contributed by atoms with Crippen molar-refractivity contribution in [2.24, 2.45) is 12.8 Å². The van der Waals surface area contributed by atoms with Crippen LogP contribution in [0.25, 0.3) is 22.2 Å². The summed E-state index contributed by atoms with van der Waals surface area (Å²) in [6.45, 7) is 2.20. The Morgan fingerprint density at radius 3 is 2.77 bits per heavy atom. The molecule has 4 rings (SSSR count). The Morgan fingerprint density at radius 2 is 2.08 bits per heavy atom. The van der Waals surface area contributed by atoms with Gasteiger partial charge in [0.15, 0.2) is 0 Å². The van der Waals surface area contributed by atoms with Crippen molar-refractivity contribution in [3.05, 3.63) is 30.4 Å². The minimum atomic E-state index is 0.353. The molecule has 1 aliphatic rings. The first-order valence-electron chi connectivity index (χ1n) is 9.65. The van der Waals surface area contributed by atoms with Crippen LogP contribution in [-0.4, -0.2) is 31.8 Å². The quantitative estimate of drug-likeness (QED) is 0.655. The maximum atomic E-state index is 6.09. The number of pyridine rings is 1. The average molecular weight is 352 g/mol. The smallest absolute Gasteiger partial charge is 0.139 e. The molecule has 0 amide bonds. The van der Waals surface area contributed by atoms with Crippen LogP contribution in [0.15, 0.2) is 24.7 Å². The summed E-state index contributed by atoms with van der Waals surface area (Å²) >= 11 is 0. The van der Waals surface area contributed by atoms with Crippen LogP contribution >= 0.6 is 0 Å². The predicted molar refractivity (Wildman–Crippen MR) is 106 cm³/mol. The molecular formula is C20H28N6. The molecule has 138 valence electrons. The third-order valence-corrected chi connectivity index (χ3v) is 5.37. The van der Waals surface area contributed by atoms with Gasteiger partial charge >= 0.3 is 0 Å². The van der Waals surface area contributed by atoms with Gasteiger partial charge in [-0.2, -0.15) is 5.10 Å². The number of hydrogen-bond acceptors (Lipinski definition) is 4. The molecular weight excluding hydrogens is 324 g/mol. The highest BCUT2D eigenvalue weighted by Crippen LogP contribution is 2.36. The second-order valence-electron chi connectivity index (χ2n) is 7.51. The summed E-state index contributed by atoms with van der Waals surface area (Å²) in [5.74, 6) is 0. The van der Waals surface area contributed by atoms with Crippen molar-refractivity contribution >= 4 is 16.7 Å². The van der Waals surface area contributed by atoms with Gasteiger partial charge < -0.3 is 16.0 Å². The van der Waals surface area contributed by atoms with Gasteiger partial charge in [0.2, 0.25) is 0 Å². The summed E-state index contributed by atoms with van der Waals surface area (Å²) in [4.78, 5) is 8.16. The first-order chi connectivity index (χ1) is 12.6. The molecule has 26 heavy (non-hydrogen) atoms. The molecule has 1 fully saturated rings. The molecule has 0 bridgehead atoms. The van der Waals surface area contributed by atoms with Crippen LogP contribution in [0.1, 0.15) is 44.7 Å². The predicted octanol–water partition coefficient (Wildman–Crippen LogP) is 3.60. The number of nitrogens with two attached hydrogens (primary N) is 1. The van der Waals surface area contributed by atoms with Gasteiger partial charge in [-0.15, -0.1) is 0 Å². The van der Waals surface area contributed by atoms with Crippen LogP contribution in [0.4, 0.5) is 5.69 Å². The number of aromatic nitrogens is 4. The number of H-pyrrole nitrogens is 1. The molecule has 0 radical (unpaired) electrons. The second-order valence-corrected chi connectivity index (χ2v) is 7.51. The number of hydrogen-bond donors (Lipinski definition) is 3. The largest absolute Gasteiger partial charge is 0.381 e. The Morgan fingerprint density at radius 1 is 1.27 bits per heavy atom. The molecule has 4 N–H and O–H groups in total. The first kappa shape index (κ1) is 17.1. The van der Waals surface area contributed by atoms with E-state index in [-0.39, 0.29) is 0 Å². The number of fused-ring (bicyclic) bond motifs is 1.